The Hall–Kier alpha value is -1.08. The number of aromatic nitrogens is 2. The topological polar surface area (TPSA) is 73.2 Å². The van der Waals surface area contributed by atoms with Gasteiger partial charge in [-0.3, -0.25) is 0 Å². The molecule has 0 amide bonds. The van der Waals surface area contributed by atoms with Crippen LogP contribution >= 0.6 is 0 Å². The van der Waals surface area contributed by atoms with E-state index < -0.39 is 9.84 Å². The molecular weight excluding hydrogens is 278 g/mol. The lowest BCUT2D eigenvalue weighted by molar-refractivity contribution is 0.197. The van der Waals surface area contributed by atoms with E-state index in [0.29, 0.717) is 12.4 Å². The van der Waals surface area contributed by atoms with Gasteiger partial charge < -0.3 is 14.6 Å². The van der Waals surface area contributed by atoms with Crippen LogP contribution in [0, 0.1) is 6.92 Å². The number of aryl methyl sites for hydroxylation is 1. The lowest BCUT2D eigenvalue weighted by atomic mass is 10.2. The van der Waals surface area contributed by atoms with Crippen molar-refractivity contribution in [2.24, 2.45) is 0 Å². The third kappa shape index (κ3) is 3.96. The summed E-state index contributed by atoms with van der Waals surface area (Å²) < 4.78 is 30.6. The monoisotopic (exact) mass is 301 g/mol. The van der Waals surface area contributed by atoms with Gasteiger partial charge in [-0.15, -0.1) is 0 Å². The van der Waals surface area contributed by atoms with Crippen molar-refractivity contribution in [1.82, 2.24) is 9.55 Å². The number of imidazole rings is 1. The second kappa shape index (κ2) is 6.58. The first-order valence-electron chi connectivity index (χ1n) is 7.00. The molecular formula is C13H23N3O3S. The number of rotatable bonds is 6. The van der Waals surface area contributed by atoms with Crippen molar-refractivity contribution >= 4 is 15.8 Å². The summed E-state index contributed by atoms with van der Waals surface area (Å²) in [7, 11) is -1.23. The van der Waals surface area contributed by atoms with Crippen molar-refractivity contribution in [2.75, 3.05) is 37.1 Å². The number of ether oxygens (including phenoxy) is 1. The highest BCUT2D eigenvalue weighted by atomic mass is 32.2. The molecule has 6 nitrogen and oxygen atoms in total. The molecule has 1 aliphatic rings. The Balaban J connectivity index is 2.07. The van der Waals surface area contributed by atoms with Gasteiger partial charge in [-0.1, -0.05) is 0 Å². The van der Waals surface area contributed by atoms with Gasteiger partial charge >= 0.3 is 0 Å². The number of anilines is 1. The summed E-state index contributed by atoms with van der Waals surface area (Å²) in [6.45, 7) is 3.39. The predicted octanol–water partition coefficient (Wildman–Crippen LogP) is 1.39. The van der Waals surface area contributed by atoms with Crippen LogP contribution in [0.15, 0.2) is 6.20 Å². The summed E-state index contributed by atoms with van der Waals surface area (Å²) in [5, 5.41) is 3.27. The van der Waals surface area contributed by atoms with E-state index in [9.17, 15) is 8.42 Å². The number of sulfone groups is 1. The highest BCUT2D eigenvalue weighted by Crippen LogP contribution is 2.26. The maximum Gasteiger partial charge on any atom is 0.203 e. The van der Waals surface area contributed by atoms with Crippen molar-refractivity contribution in [2.45, 2.75) is 32.2 Å². The maximum absolute atomic E-state index is 11.8. The highest BCUT2D eigenvalue weighted by molar-refractivity contribution is 7.91. The van der Waals surface area contributed by atoms with E-state index in [4.69, 9.17) is 4.74 Å². The average Bonchev–Trinajstić information content (AvgIpc) is 2.75. The van der Waals surface area contributed by atoms with Gasteiger partial charge in [-0.25, -0.2) is 13.4 Å². The Bertz CT molecular complexity index is 539. The maximum atomic E-state index is 11.8. The zero-order chi connectivity index (χ0) is 14.6. The summed E-state index contributed by atoms with van der Waals surface area (Å²) >= 11 is 0. The van der Waals surface area contributed by atoms with Gasteiger partial charge in [-0.2, -0.15) is 0 Å². The molecule has 0 spiro atoms. The van der Waals surface area contributed by atoms with Gasteiger partial charge in [0.25, 0.3) is 0 Å². The Morgan fingerprint density at radius 1 is 1.55 bits per heavy atom. The summed E-state index contributed by atoms with van der Waals surface area (Å²) in [5.41, 5.74) is 0.905. The van der Waals surface area contributed by atoms with Crippen molar-refractivity contribution in [3.8, 4) is 0 Å². The summed E-state index contributed by atoms with van der Waals surface area (Å²) in [4.78, 5) is 4.45. The summed E-state index contributed by atoms with van der Waals surface area (Å²) in [6.07, 6.45) is 4.45. The molecule has 1 N–H and O–H groups in total. The van der Waals surface area contributed by atoms with Gasteiger partial charge in [0.2, 0.25) is 5.95 Å². The van der Waals surface area contributed by atoms with Crippen LogP contribution in [0.2, 0.25) is 0 Å². The number of hydrogen-bond acceptors (Lipinski definition) is 5. The molecule has 20 heavy (non-hydrogen) atoms. The number of nitrogens with one attached hydrogen (secondary N) is 1. The Labute approximate surface area is 120 Å². The molecule has 114 valence electrons. The molecule has 2 rings (SSSR count). The zero-order valence-corrected chi connectivity index (χ0v) is 12.9. The molecule has 1 aromatic heterocycles. The molecule has 1 saturated heterocycles. The summed E-state index contributed by atoms with van der Waals surface area (Å²) in [5.74, 6) is 1.30. The van der Waals surface area contributed by atoms with Crippen molar-refractivity contribution in [3.05, 3.63) is 11.9 Å². The molecule has 0 saturated carbocycles. The number of nitrogens with zero attached hydrogens (tertiary/aromatic N) is 2. The van der Waals surface area contributed by atoms with Gasteiger partial charge in [-0.05, 0) is 26.2 Å². The minimum absolute atomic E-state index is 0.000116. The fraction of sp³-hybridized carbons (Fsp3) is 0.769. The van der Waals surface area contributed by atoms with Crippen LogP contribution in [-0.2, 0) is 14.6 Å². The van der Waals surface area contributed by atoms with Crippen LogP contribution in [-0.4, -0.2) is 49.7 Å². The molecule has 0 radical (unpaired) electrons. The fourth-order valence-corrected chi connectivity index (χ4v) is 4.25. The molecule has 1 aromatic rings. The van der Waals surface area contributed by atoms with E-state index in [0.717, 1.165) is 37.4 Å². The molecule has 0 aromatic carbocycles. The van der Waals surface area contributed by atoms with E-state index in [-0.39, 0.29) is 11.8 Å². The normalized spacial score (nSPS) is 21.8. The first-order valence-corrected chi connectivity index (χ1v) is 8.82. The van der Waals surface area contributed by atoms with Gasteiger partial charge in [0, 0.05) is 26.5 Å². The average molecular weight is 301 g/mol. The minimum atomic E-state index is -2.91. The van der Waals surface area contributed by atoms with Crippen LogP contribution < -0.4 is 5.32 Å². The van der Waals surface area contributed by atoms with Gasteiger partial charge in [0.05, 0.1) is 23.2 Å². The van der Waals surface area contributed by atoms with E-state index in [1.807, 2.05) is 17.7 Å². The van der Waals surface area contributed by atoms with E-state index in [1.165, 1.54) is 0 Å². The zero-order valence-electron chi connectivity index (χ0n) is 12.1. The molecule has 0 bridgehead atoms. The SMILES string of the molecule is COCCCNc1nc(C)cn1C1CCCS(=O)(=O)C1. The quantitative estimate of drug-likeness (QED) is 0.804. The second-order valence-electron chi connectivity index (χ2n) is 5.30. The molecule has 7 heteroatoms. The Morgan fingerprint density at radius 3 is 3.05 bits per heavy atom. The lowest BCUT2D eigenvalue weighted by Gasteiger charge is -2.24. The third-order valence-corrected chi connectivity index (χ3v) is 5.30. The molecule has 1 unspecified atom stereocenters. The standard InChI is InChI=1S/C13H23N3O3S/c1-11-9-16(12-5-3-8-20(17,18)10-12)13(15-11)14-6-4-7-19-2/h9,12H,3-8,10H2,1-2H3,(H,14,15). The van der Waals surface area contributed by atoms with Crippen molar-refractivity contribution in [1.29, 1.82) is 0 Å². The molecule has 2 heterocycles. The minimum Gasteiger partial charge on any atom is -0.385 e. The van der Waals surface area contributed by atoms with Crippen LogP contribution in [0.3, 0.4) is 0 Å². The third-order valence-electron chi connectivity index (χ3n) is 3.49. The van der Waals surface area contributed by atoms with E-state index in [1.54, 1.807) is 7.11 Å². The molecule has 0 aliphatic carbocycles. The van der Waals surface area contributed by atoms with Crippen molar-refractivity contribution in [3.63, 3.8) is 0 Å². The van der Waals surface area contributed by atoms with Gasteiger partial charge in [0.1, 0.15) is 0 Å². The molecule has 1 atom stereocenters. The molecule has 1 aliphatic heterocycles. The van der Waals surface area contributed by atoms with Crippen LogP contribution in [0.1, 0.15) is 31.0 Å². The largest absolute Gasteiger partial charge is 0.385 e. The molecule has 1 fully saturated rings. The van der Waals surface area contributed by atoms with Crippen LogP contribution in [0.5, 0.6) is 0 Å². The first kappa shape index (κ1) is 15.3. The predicted molar refractivity (Wildman–Crippen MR) is 78.9 cm³/mol. The highest BCUT2D eigenvalue weighted by Gasteiger charge is 2.27. The van der Waals surface area contributed by atoms with Crippen molar-refractivity contribution < 1.29 is 13.2 Å². The van der Waals surface area contributed by atoms with E-state index in [2.05, 4.69) is 10.3 Å². The smallest absolute Gasteiger partial charge is 0.203 e. The first-order chi connectivity index (χ1) is 9.52. The van der Waals surface area contributed by atoms with E-state index >= 15 is 0 Å². The lowest BCUT2D eigenvalue weighted by Crippen LogP contribution is -2.28. The van der Waals surface area contributed by atoms with Crippen LogP contribution in [0.25, 0.3) is 0 Å². The fourth-order valence-electron chi connectivity index (χ4n) is 2.56. The second-order valence-corrected chi connectivity index (χ2v) is 7.53. The van der Waals surface area contributed by atoms with Gasteiger partial charge in [0.15, 0.2) is 9.84 Å². The summed E-state index contributed by atoms with van der Waals surface area (Å²) in [6, 6.07) is -0.000116. The number of methoxy groups -OCH3 is 1. The Morgan fingerprint density at radius 2 is 2.35 bits per heavy atom. The number of hydrogen-bond donors (Lipinski definition) is 1. The van der Waals surface area contributed by atoms with Crippen LogP contribution in [0.4, 0.5) is 5.95 Å². The Kier molecular flexibility index (Phi) is 5.04.